The van der Waals surface area contributed by atoms with Crippen LogP contribution in [-0.2, 0) is 0 Å². The molecule has 0 atom stereocenters. The second-order valence-corrected chi connectivity index (χ2v) is 16.8. The standard InChI is InChI=1S/C21H22IOP/c1-3-24(22,19-10-6-4-7-11-19,20-12-8-5-9-13-20)21-16-14-18(23-2)15-17-21/h4-17H,3H2,1-2H3. The van der Waals surface area contributed by atoms with Crippen LogP contribution >= 0.6 is 26.3 Å². The van der Waals surface area contributed by atoms with Gasteiger partial charge in [0.15, 0.2) is 0 Å². The van der Waals surface area contributed by atoms with Gasteiger partial charge in [0.1, 0.15) is 0 Å². The van der Waals surface area contributed by atoms with Crippen molar-refractivity contribution in [1.82, 2.24) is 0 Å². The summed E-state index contributed by atoms with van der Waals surface area (Å²) in [6.07, 6.45) is 1.08. The fraction of sp³-hybridized carbons (Fsp3) is 0.143. The van der Waals surface area contributed by atoms with Gasteiger partial charge in [-0.3, -0.25) is 0 Å². The van der Waals surface area contributed by atoms with Gasteiger partial charge in [0.05, 0.1) is 0 Å². The maximum atomic E-state index is 5.37. The summed E-state index contributed by atoms with van der Waals surface area (Å²) in [4.78, 5) is 0. The van der Waals surface area contributed by atoms with E-state index in [1.807, 2.05) is 0 Å². The van der Waals surface area contributed by atoms with Crippen molar-refractivity contribution in [2.75, 3.05) is 13.3 Å². The molecule has 0 aliphatic carbocycles. The van der Waals surface area contributed by atoms with Crippen molar-refractivity contribution in [2.45, 2.75) is 6.92 Å². The van der Waals surface area contributed by atoms with Crippen molar-refractivity contribution in [3.8, 4) is 5.75 Å². The fourth-order valence-corrected chi connectivity index (χ4v) is 10.6. The van der Waals surface area contributed by atoms with E-state index in [4.69, 9.17) is 4.74 Å². The van der Waals surface area contributed by atoms with E-state index in [2.05, 4.69) is 114 Å². The Labute approximate surface area is 157 Å². The number of rotatable bonds is 5. The zero-order chi connectivity index (χ0) is 17.1. The van der Waals surface area contributed by atoms with Crippen LogP contribution in [0.15, 0.2) is 84.9 Å². The molecule has 1 nitrogen and oxygen atoms in total. The molecule has 0 amide bonds. The third-order valence-electron chi connectivity index (χ3n) is 4.79. The van der Waals surface area contributed by atoms with Crippen molar-refractivity contribution in [1.29, 1.82) is 0 Å². The van der Waals surface area contributed by atoms with E-state index in [9.17, 15) is 0 Å². The molecule has 3 heteroatoms. The van der Waals surface area contributed by atoms with Crippen LogP contribution in [0.3, 0.4) is 0 Å². The van der Waals surface area contributed by atoms with Gasteiger partial charge in [0, 0.05) is 0 Å². The molecule has 0 heterocycles. The number of hydrogen-bond acceptors (Lipinski definition) is 1. The first-order chi connectivity index (χ1) is 11.6. The van der Waals surface area contributed by atoms with Crippen molar-refractivity contribution >= 4 is 42.2 Å². The molecule has 0 N–H and O–H groups in total. The van der Waals surface area contributed by atoms with E-state index in [0.717, 1.165) is 11.9 Å². The predicted octanol–water partition coefficient (Wildman–Crippen LogP) is 4.89. The molecule has 0 aromatic heterocycles. The predicted molar refractivity (Wildman–Crippen MR) is 116 cm³/mol. The van der Waals surface area contributed by atoms with Crippen LogP contribution in [0.2, 0.25) is 0 Å². The number of ether oxygens (including phenoxy) is 1. The number of benzene rings is 3. The molecule has 3 aromatic rings. The van der Waals surface area contributed by atoms with Gasteiger partial charge >= 0.3 is 158 Å². The summed E-state index contributed by atoms with van der Waals surface area (Å²) < 4.78 is 2.85. The molecule has 124 valence electrons. The quantitative estimate of drug-likeness (QED) is 0.399. The topological polar surface area (TPSA) is 9.23 Å². The summed E-state index contributed by atoms with van der Waals surface area (Å²) in [5.74, 6) is 0.900. The molecule has 0 bridgehead atoms. The average Bonchev–Trinajstić information content (AvgIpc) is 2.69. The summed E-state index contributed by atoms with van der Waals surface area (Å²) in [5, 5.41) is 4.23. The first kappa shape index (κ1) is 17.4. The molecule has 0 radical (unpaired) electrons. The van der Waals surface area contributed by atoms with Crippen molar-refractivity contribution in [3.63, 3.8) is 0 Å². The first-order valence-corrected chi connectivity index (χ1v) is 13.3. The normalized spacial score (nSPS) is 13.0. The van der Waals surface area contributed by atoms with E-state index >= 15 is 0 Å². The molecule has 24 heavy (non-hydrogen) atoms. The molecule has 0 saturated carbocycles. The van der Waals surface area contributed by atoms with Gasteiger partial charge in [0.2, 0.25) is 0 Å². The van der Waals surface area contributed by atoms with Crippen molar-refractivity contribution in [3.05, 3.63) is 84.9 Å². The third-order valence-corrected chi connectivity index (χ3v) is 17.2. The Morgan fingerprint density at radius 3 is 1.50 bits per heavy atom. The van der Waals surface area contributed by atoms with Gasteiger partial charge in [-0.1, -0.05) is 0 Å². The fourth-order valence-electron chi connectivity index (χ4n) is 3.37. The Bertz CT molecular complexity index is 761. The SMILES string of the molecule is CCP(I)(c1ccccc1)(c1ccccc1)c1ccc(OC)cc1. The van der Waals surface area contributed by atoms with Crippen molar-refractivity contribution < 1.29 is 4.74 Å². The van der Waals surface area contributed by atoms with Crippen LogP contribution in [0.4, 0.5) is 0 Å². The molecular weight excluding hydrogens is 426 g/mol. The number of halogens is 1. The van der Waals surface area contributed by atoms with Crippen LogP contribution in [-0.4, -0.2) is 13.3 Å². The Morgan fingerprint density at radius 2 is 1.12 bits per heavy atom. The molecule has 0 spiro atoms. The van der Waals surface area contributed by atoms with E-state index in [0.29, 0.717) is 0 Å². The minimum absolute atomic E-state index is 0.900. The zero-order valence-electron chi connectivity index (χ0n) is 14.0. The van der Waals surface area contributed by atoms with Crippen LogP contribution in [0.5, 0.6) is 5.75 Å². The van der Waals surface area contributed by atoms with Gasteiger partial charge in [0.25, 0.3) is 0 Å². The van der Waals surface area contributed by atoms with Gasteiger partial charge in [-0.2, -0.15) is 0 Å². The van der Waals surface area contributed by atoms with E-state index in [1.54, 1.807) is 7.11 Å². The molecular formula is C21H22IOP. The minimum atomic E-state index is -2.52. The van der Waals surface area contributed by atoms with E-state index in [1.165, 1.54) is 15.9 Å². The van der Waals surface area contributed by atoms with Gasteiger partial charge < -0.3 is 0 Å². The molecule has 3 rings (SSSR count). The summed E-state index contributed by atoms with van der Waals surface area (Å²) >= 11 is 2.78. The van der Waals surface area contributed by atoms with Crippen LogP contribution in [0, 0.1) is 0 Å². The second kappa shape index (κ2) is 6.85. The average molecular weight is 448 g/mol. The number of hydrogen-bond donors (Lipinski definition) is 0. The Hall–Kier alpha value is -1.38. The maximum absolute atomic E-state index is 5.37. The molecule has 0 unspecified atom stereocenters. The Balaban J connectivity index is 2.35. The molecule has 3 aromatic carbocycles. The summed E-state index contributed by atoms with van der Waals surface area (Å²) in [7, 11) is 1.72. The van der Waals surface area contributed by atoms with E-state index < -0.39 is 4.25 Å². The zero-order valence-corrected chi connectivity index (χ0v) is 17.1. The molecule has 0 aliphatic rings. The summed E-state index contributed by atoms with van der Waals surface area (Å²) in [6.45, 7) is 2.31. The molecule has 0 fully saturated rings. The van der Waals surface area contributed by atoms with Gasteiger partial charge in [-0.05, 0) is 0 Å². The first-order valence-electron chi connectivity index (χ1n) is 8.12. The second-order valence-electron chi connectivity index (χ2n) is 5.87. The van der Waals surface area contributed by atoms with Gasteiger partial charge in [-0.15, -0.1) is 0 Å². The molecule has 0 saturated heterocycles. The van der Waals surface area contributed by atoms with Gasteiger partial charge in [-0.25, -0.2) is 0 Å². The van der Waals surface area contributed by atoms with Crippen LogP contribution in [0.1, 0.15) is 6.92 Å². The number of methoxy groups -OCH3 is 1. The van der Waals surface area contributed by atoms with Crippen LogP contribution < -0.4 is 20.7 Å². The summed E-state index contributed by atoms with van der Waals surface area (Å²) in [5.41, 5.74) is 0. The van der Waals surface area contributed by atoms with Crippen LogP contribution in [0.25, 0.3) is 0 Å². The molecule has 0 aliphatic heterocycles. The third kappa shape index (κ3) is 2.66. The monoisotopic (exact) mass is 448 g/mol. The van der Waals surface area contributed by atoms with E-state index in [-0.39, 0.29) is 0 Å². The van der Waals surface area contributed by atoms with Crippen molar-refractivity contribution in [2.24, 2.45) is 0 Å². The Morgan fingerprint density at radius 1 is 0.708 bits per heavy atom. The summed E-state index contributed by atoms with van der Waals surface area (Å²) in [6, 6.07) is 30.6. The Kier molecular flexibility index (Phi) is 4.98.